The van der Waals surface area contributed by atoms with Gasteiger partial charge in [-0.05, 0) is 36.2 Å². The summed E-state index contributed by atoms with van der Waals surface area (Å²) < 4.78 is 5.14. The summed E-state index contributed by atoms with van der Waals surface area (Å²) >= 11 is 5.62. The molecule has 3 N–H and O–H groups in total. The number of rotatable bonds is 4. The molecule has 1 heterocycles. The van der Waals surface area contributed by atoms with E-state index >= 15 is 0 Å². The van der Waals surface area contributed by atoms with Gasteiger partial charge in [-0.25, -0.2) is 0 Å². The van der Waals surface area contributed by atoms with Gasteiger partial charge < -0.3 is 15.3 Å². The second kappa shape index (κ2) is 4.82. The van der Waals surface area contributed by atoms with Crippen LogP contribution in [0, 0.1) is 11.8 Å². The van der Waals surface area contributed by atoms with Crippen LogP contribution in [0.3, 0.4) is 0 Å². The van der Waals surface area contributed by atoms with Gasteiger partial charge in [0.15, 0.2) is 5.22 Å². The SMILES string of the molecule is CC(C)C(CN)C(O)c1ccc(Cl)o1. The Morgan fingerprint density at radius 2 is 2.14 bits per heavy atom. The Hall–Kier alpha value is -0.510. The molecule has 0 aliphatic carbocycles. The third-order valence-electron chi connectivity index (χ3n) is 2.42. The van der Waals surface area contributed by atoms with Gasteiger partial charge in [-0.3, -0.25) is 0 Å². The van der Waals surface area contributed by atoms with Crippen molar-refractivity contribution in [1.29, 1.82) is 0 Å². The number of hydrogen-bond donors (Lipinski definition) is 2. The first kappa shape index (κ1) is 11.6. The first-order chi connectivity index (χ1) is 6.56. The van der Waals surface area contributed by atoms with Gasteiger partial charge in [0, 0.05) is 5.92 Å². The monoisotopic (exact) mass is 217 g/mol. The van der Waals surface area contributed by atoms with Crippen molar-refractivity contribution in [3.8, 4) is 0 Å². The lowest BCUT2D eigenvalue weighted by Gasteiger charge is -2.23. The quantitative estimate of drug-likeness (QED) is 0.813. The smallest absolute Gasteiger partial charge is 0.193 e. The van der Waals surface area contributed by atoms with Crippen molar-refractivity contribution < 1.29 is 9.52 Å². The fraction of sp³-hybridized carbons (Fsp3) is 0.600. The molecule has 0 aliphatic heterocycles. The van der Waals surface area contributed by atoms with Crippen LogP contribution in [0.1, 0.15) is 25.7 Å². The Balaban J connectivity index is 2.77. The number of aliphatic hydroxyl groups excluding tert-OH is 1. The maximum Gasteiger partial charge on any atom is 0.193 e. The zero-order valence-corrected chi connectivity index (χ0v) is 9.16. The van der Waals surface area contributed by atoms with E-state index in [0.29, 0.717) is 23.4 Å². The van der Waals surface area contributed by atoms with Crippen molar-refractivity contribution in [2.45, 2.75) is 20.0 Å². The maximum atomic E-state index is 9.93. The number of furan rings is 1. The molecule has 0 radical (unpaired) electrons. The zero-order valence-electron chi connectivity index (χ0n) is 8.40. The summed E-state index contributed by atoms with van der Waals surface area (Å²) in [5.41, 5.74) is 5.58. The van der Waals surface area contributed by atoms with E-state index < -0.39 is 6.10 Å². The van der Waals surface area contributed by atoms with Crippen LogP contribution in [0.2, 0.25) is 5.22 Å². The van der Waals surface area contributed by atoms with Crippen LogP contribution < -0.4 is 5.73 Å². The van der Waals surface area contributed by atoms with Crippen molar-refractivity contribution in [2.24, 2.45) is 17.6 Å². The van der Waals surface area contributed by atoms with Crippen LogP contribution in [0.15, 0.2) is 16.5 Å². The number of nitrogens with two attached hydrogens (primary N) is 1. The molecular formula is C10H16ClNO2. The summed E-state index contributed by atoms with van der Waals surface area (Å²) in [6.07, 6.45) is -0.674. The van der Waals surface area contributed by atoms with Crippen LogP contribution in [-0.2, 0) is 0 Å². The van der Waals surface area contributed by atoms with E-state index in [2.05, 4.69) is 0 Å². The standard InChI is InChI=1S/C10H16ClNO2/c1-6(2)7(5-12)10(13)8-3-4-9(11)14-8/h3-4,6-7,10,13H,5,12H2,1-2H3. The Morgan fingerprint density at radius 3 is 2.50 bits per heavy atom. The Morgan fingerprint density at radius 1 is 1.50 bits per heavy atom. The molecule has 1 rings (SSSR count). The molecule has 0 saturated carbocycles. The van der Waals surface area contributed by atoms with Crippen LogP contribution in [0.5, 0.6) is 0 Å². The highest BCUT2D eigenvalue weighted by Crippen LogP contribution is 2.29. The maximum absolute atomic E-state index is 9.93. The van der Waals surface area contributed by atoms with Crippen LogP contribution in [0.4, 0.5) is 0 Å². The summed E-state index contributed by atoms with van der Waals surface area (Å²) in [6.45, 7) is 4.47. The predicted molar refractivity (Wildman–Crippen MR) is 56.1 cm³/mol. The molecule has 3 nitrogen and oxygen atoms in total. The van der Waals surface area contributed by atoms with E-state index in [1.807, 2.05) is 13.8 Å². The summed E-state index contributed by atoms with van der Waals surface area (Å²) in [5.74, 6) is 0.787. The molecular weight excluding hydrogens is 202 g/mol. The van der Waals surface area contributed by atoms with E-state index in [1.165, 1.54) is 0 Å². The molecule has 2 unspecified atom stereocenters. The largest absolute Gasteiger partial charge is 0.447 e. The average molecular weight is 218 g/mol. The summed E-state index contributed by atoms with van der Waals surface area (Å²) in [7, 11) is 0. The Labute approximate surface area is 88.9 Å². The van der Waals surface area contributed by atoms with Gasteiger partial charge in [-0.15, -0.1) is 0 Å². The van der Waals surface area contributed by atoms with E-state index in [-0.39, 0.29) is 5.92 Å². The first-order valence-corrected chi connectivity index (χ1v) is 5.07. The minimum absolute atomic E-state index is 0.00258. The first-order valence-electron chi connectivity index (χ1n) is 4.69. The third kappa shape index (κ3) is 2.50. The van der Waals surface area contributed by atoms with Gasteiger partial charge >= 0.3 is 0 Å². The van der Waals surface area contributed by atoms with Gasteiger partial charge in [-0.2, -0.15) is 0 Å². The molecule has 0 aliphatic rings. The van der Waals surface area contributed by atoms with Crippen molar-refractivity contribution in [3.63, 3.8) is 0 Å². The van der Waals surface area contributed by atoms with Gasteiger partial charge in [-0.1, -0.05) is 13.8 Å². The molecule has 0 aromatic carbocycles. The second-order valence-electron chi connectivity index (χ2n) is 3.73. The Bertz CT molecular complexity index is 285. The van der Waals surface area contributed by atoms with Crippen LogP contribution in [0.25, 0.3) is 0 Å². The van der Waals surface area contributed by atoms with Crippen LogP contribution >= 0.6 is 11.6 Å². The zero-order chi connectivity index (χ0) is 10.7. The summed E-state index contributed by atoms with van der Waals surface area (Å²) in [4.78, 5) is 0. The highest BCUT2D eigenvalue weighted by atomic mass is 35.5. The lowest BCUT2D eigenvalue weighted by atomic mass is 9.89. The van der Waals surface area contributed by atoms with E-state index in [0.717, 1.165) is 0 Å². The normalized spacial score (nSPS) is 15.9. The minimum Gasteiger partial charge on any atom is -0.447 e. The highest BCUT2D eigenvalue weighted by molar-refractivity contribution is 6.28. The van der Waals surface area contributed by atoms with E-state index in [9.17, 15) is 5.11 Å². The lowest BCUT2D eigenvalue weighted by molar-refractivity contribution is 0.0663. The fourth-order valence-electron chi connectivity index (χ4n) is 1.46. The van der Waals surface area contributed by atoms with Gasteiger partial charge in [0.1, 0.15) is 11.9 Å². The summed E-state index contributed by atoms with van der Waals surface area (Å²) in [6, 6.07) is 3.30. The third-order valence-corrected chi connectivity index (χ3v) is 2.62. The number of halogens is 1. The predicted octanol–water partition coefficient (Wildman–Crippen LogP) is 2.20. The second-order valence-corrected chi connectivity index (χ2v) is 4.10. The molecule has 0 spiro atoms. The lowest BCUT2D eigenvalue weighted by Crippen LogP contribution is -2.26. The Kier molecular flexibility index (Phi) is 3.98. The highest BCUT2D eigenvalue weighted by Gasteiger charge is 2.25. The molecule has 80 valence electrons. The number of hydrogen-bond acceptors (Lipinski definition) is 3. The van der Waals surface area contributed by atoms with Crippen molar-refractivity contribution in [3.05, 3.63) is 23.1 Å². The minimum atomic E-state index is -0.674. The molecule has 0 bridgehead atoms. The van der Waals surface area contributed by atoms with Crippen molar-refractivity contribution in [1.82, 2.24) is 0 Å². The summed E-state index contributed by atoms with van der Waals surface area (Å²) in [5, 5.41) is 10.2. The van der Waals surface area contributed by atoms with Gasteiger partial charge in [0.25, 0.3) is 0 Å². The molecule has 1 aromatic heterocycles. The molecule has 2 atom stereocenters. The molecule has 0 amide bonds. The molecule has 14 heavy (non-hydrogen) atoms. The van der Waals surface area contributed by atoms with Crippen LogP contribution in [-0.4, -0.2) is 11.7 Å². The topological polar surface area (TPSA) is 59.4 Å². The van der Waals surface area contributed by atoms with Gasteiger partial charge in [0.2, 0.25) is 0 Å². The molecule has 4 heteroatoms. The van der Waals surface area contributed by atoms with E-state index in [4.69, 9.17) is 21.8 Å². The average Bonchev–Trinajstić information content (AvgIpc) is 2.52. The van der Waals surface area contributed by atoms with Gasteiger partial charge in [0.05, 0.1) is 0 Å². The molecule has 1 aromatic rings. The fourth-order valence-corrected chi connectivity index (χ4v) is 1.62. The van der Waals surface area contributed by atoms with Crippen molar-refractivity contribution in [2.75, 3.05) is 6.54 Å². The molecule has 0 fully saturated rings. The number of aliphatic hydroxyl groups is 1. The molecule has 0 saturated heterocycles. The van der Waals surface area contributed by atoms with E-state index in [1.54, 1.807) is 12.1 Å². The van der Waals surface area contributed by atoms with Crippen molar-refractivity contribution >= 4 is 11.6 Å².